The van der Waals surface area contributed by atoms with Gasteiger partial charge in [0, 0.05) is 18.2 Å². The van der Waals surface area contributed by atoms with Crippen LogP contribution < -0.4 is 0 Å². The van der Waals surface area contributed by atoms with Crippen LogP contribution in [0.3, 0.4) is 0 Å². The van der Waals surface area contributed by atoms with Gasteiger partial charge in [-0.15, -0.1) is 0 Å². The molecule has 0 fully saturated rings. The number of hydrogen-bond donors (Lipinski definition) is 0. The topological polar surface area (TPSA) is 20.3 Å². The Bertz CT molecular complexity index is 298. The third kappa shape index (κ3) is 5.00. The number of nitrogens with zero attached hydrogens (tertiary/aromatic N) is 1. The lowest BCUT2D eigenvalue weighted by Crippen LogP contribution is -2.47. The van der Waals surface area contributed by atoms with E-state index in [0.717, 1.165) is 19.4 Å². The molecular formula is C17H31NO. The fourth-order valence-electron chi connectivity index (χ4n) is 3.01. The highest BCUT2D eigenvalue weighted by atomic mass is 16.2. The zero-order valence-corrected chi connectivity index (χ0v) is 13.1. The predicted octanol–water partition coefficient (Wildman–Crippen LogP) is 4.69. The van der Waals surface area contributed by atoms with Gasteiger partial charge >= 0.3 is 0 Å². The van der Waals surface area contributed by atoms with Crippen molar-refractivity contribution < 1.29 is 4.79 Å². The van der Waals surface area contributed by atoms with E-state index < -0.39 is 0 Å². The van der Waals surface area contributed by atoms with E-state index in [-0.39, 0.29) is 11.4 Å². The summed E-state index contributed by atoms with van der Waals surface area (Å²) in [4.78, 5) is 14.1. The SMILES string of the molecule is CCCCCCC(C)(CCCCC)N1CC=CC1=O. The van der Waals surface area contributed by atoms with Crippen LogP contribution in [-0.4, -0.2) is 22.9 Å². The van der Waals surface area contributed by atoms with Crippen LogP contribution in [0.5, 0.6) is 0 Å². The maximum atomic E-state index is 12.0. The second-order valence-corrected chi connectivity index (χ2v) is 6.12. The van der Waals surface area contributed by atoms with Gasteiger partial charge in [0.1, 0.15) is 0 Å². The number of hydrogen-bond acceptors (Lipinski definition) is 1. The van der Waals surface area contributed by atoms with Crippen molar-refractivity contribution in [3.63, 3.8) is 0 Å². The van der Waals surface area contributed by atoms with E-state index in [2.05, 4.69) is 25.7 Å². The third-order valence-corrected chi connectivity index (χ3v) is 4.35. The van der Waals surface area contributed by atoms with E-state index in [4.69, 9.17) is 0 Å². The van der Waals surface area contributed by atoms with Crippen LogP contribution >= 0.6 is 0 Å². The van der Waals surface area contributed by atoms with Crippen LogP contribution in [0.1, 0.15) is 78.6 Å². The van der Waals surface area contributed by atoms with Crippen molar-refractivity contribution in [2.75, 3.05) is 6.54 Å². The van der Waals surface area contributed by atoms with E-state index in [9.17, 15) is 4.79 Å². The first-order valence-electron chi connectivity index (χ1n) is 8.12. The standard InChI is InChI=1S/C17H31NO/c1-4-6-8-10-14-17(3,13-9-7-5-2)18-15-11-12-16(18)19/h11-12H,4-10,13-15H2,1-3H3. The summed E-state index contributed by atoms with van der Waals surface area (Å²) in [5.74, 6) is 0.217. The van der Waals surface area contributed by atoms with Gasteiger partial charge in [-0.2, -0.15) is 0 Å². The molecule has 1 unspecified atom stereocenters. The average molecular weight is 265 g/mol. The highest BCUT2D eigenvalue weighted by Gasteiger charge is 2.34. The van der Waals surface area contributed by atoms with Gasteiger partial charge in [-0.25, -0.2) is 0 Å². The number of unbranched alkanes of at least 4 members (excludes halogenated alkanes) is 5. The monoisotopic (exact) mass is 265 g/mol. The van der Waals surface area contributed by atoms with Gasteiger partial charge in [0.25, 0.3) is 0 Å². The smallest absolute Gasteiger partial charge is 0.247 e. The average Bonchev–Trinajstić information content (AvgIpc) is 2.82. The molecule has 110 valence electrons. The number of rotatable bonds is 10. The Kier molecular flexibility index (Phi) is 7.19. The predicted molar refractivity (Wildman–Crippen MR) is 82.2 cm³/mol. The minimum absolute atomic E-state index is 0.0729. The largest absolute Gasteiger partial charge is 0.330 e. The molecule has 1 amide bonds. The molecule has 1 heterocycles. The number of carbonyl (C=O) groups is 1. The Balaban J connectivity index is 2.53. The van der Waals surface area contributed by atoms with E-state index in [1.54, 1.807) is 6.08 Å². The highest BCUT2D eigenvalue weighted by molar-refractivity contribution is 5.90. The van der Waals surface area contributed by atoms with Gasteiger partial charge in [-0.1, -0.05) is 64.9 Å². The normalized spacial score (nSPS) is 18.1. The summed E-state index contributed by atoms with van der Waals surface area (Å²) >= 11 is 0. The van der Waals surface area contributed by atoms with E-state index in [0.29, 0.717) is 0 Å². The molecular weight excluding hydrogens is 234 g/mol. The van der Waals surface area contributed by atoms with E-state index in [1.807, 2.05) is 6.08 Å². The molecule has 1 aliphatic rings. The van der Waals surface area contributed by atoms with Crippen molar-refractivity contribution in [3.8, 4) is 0 Å². The summed E-state index contributed by atoms with van der Waals surface area (Å²) in [6.07, 6.45) is 15.0. The molecule has 0 bridgehead atoms. The Morgan fingerprint density at radius 1 is 1.05 bits per heavy atom. The summed E-state index contributed by atoms with van der Waals surface area (Å²) in [5, 5.41) is 0. The maximum Gasteiger partial charge on any atom is 0.247 e. The first-order valence-corrected chi connectivity index (χ1v) is 8.12. The van der Waals surface area contributed by atoms with Gasteiger partial charge in [-0.05, 0) is 19.8 Å². The number of carbonyl (C=O) groups excluding carboxylic acids is 1. The second kappa shape index (κ2) is 8.39. The molecule has 0 saturated heterocycles. The lowest BCUT2D eigenvalue weighted by molar-refractivity contribution is -0.130. The van der Waals surface area contributed by atoms with Gasteiger partial charge in [0.2, 0.25) is 5.91 Å². The summed E-state index contributed by atoms with van der Waals surface area (Å²) in [6, 6.07) is 0. The van der Waals surface area contributed by atoms with Crippen LogP contribution in [-0.2, 0) is 4.79 Å². The molecule has 2 nitrogen and oxygen atoms in total. The molecule has 1 rings (SSSR count). The zero-order chi connectivity index (χ0) is 14.1. The van der Waals surface area contributed by atoms with Gasteiger partial charge in [0.05, 0.1) is 0 Å². The van der Waals surface area contributed by atoms with Crippen molar-refractivity contribution in [3.05, 3.63) is 12.2 Å². The lowest BCUT2D eigenvalue weighted by Gasteiger charge is -2.39. The summed E-state index contributed by atoms with van der Waals surface area (Å²) in [5.41, 5.74) is 0.0729. The molecule has 1 aliphatic heterocycles. The summed E-state index contributed by atoms with van der Waals surface area (Å²) in [7, 11) is 0. The molecule has 2 heteroatoms. The Morgan fingerprint density at radius 2 is 1.63 bits per heavy atom. The van der Waals surface area contributed by atoms with Crippen LogP contribution in [0.2, 0.25) is 0 Å². The second-order valence-electron chi connectivity index (χ2n) is 6.12. The first kappa shape index (κ1) is 16.3. The van der Waals surface area contributed by atoms with Crippen molar-refractivity contribution in [1.82, 2.24) is 4.90 Å². The molecule has 1 atom stereocenters. The highest BCUT2D eigenvalue weighted by Crippen LogP contribution is 2.30. The Morgan fingerprint density at radius 3 is 2.16 bits per heavy atom. The van der Waals surface area contributed by atoms with Crippen LogP contribution in [0.25, 0.3) is 0 Å². The fraction of sp³-hybridized carbons (Fsp3) is 0.824. The van der Waals surface area contributed by atoms with E-state index in [1.165, 1.54) is 44.9 Å². The molecule has 0 aromatic rings. The molecule has 0 saturated carbocycles. The van der Waals surface area contributed by atoms with Gasteiger partial charge < -0.3 is 4.90 Å². The van der Waals surface area contributed by atoms with Crippen molar-refractivity contribution in [2.24, 2.45) is 0 Å². The minimum Gasteiger partial charge on any atom is -0.330 e. The van der Waals surface area contributed by atoms with E-state index >= 15 is 0 Å². The van der Waals surface area contributed by atoms with Crippen molar-refractivity contribution >= 4 is 5.91 Å². The first-order chi connectivity index (χ1) is 9.14. The Labute approximate surface area is 119 Å². The van der Waals surface area contributed by atoms with Crippen LogP contribution in [0.4, 0.5) is 0 Å². The fourth-order valence-corrected chi connectivity index (χ4v) is 3.01. The molecule has 0 aromatic heterocycles. The minimum atomic E-state index is 0.0729. The van der Waals surface area contributed by atoms with Gasteiger partial charge in [-0.3, -0.25) is 4.79 Å². The summed E-state index contributed by atoms with van der Waals surface area (Å²) in [6.45, 7) is 7.59. The quantitative estimate of drug-likeness (QED) is 0.525. The van der Waals surface area contributed by atoms with Crippen LogP contribution in [0.15, 0.2) is 12.2 Å². The lowest BCUT2D eigenvalue weighted by atomic mass is 9.86. The Hall–Kier alpha value is -0.790. The molecule has 0 N–H and O–H groups in total. The maximum absolute atomic E-state index is 12.0. The molecule has 0 spiro atoms. The number of amides is 1. The molecule has 0 aromatic carbocycles. The third-order valence-electron chi connectivity index (χ3n) is 4.35. The van der Waals surface area contributed by atoms with Crippen LogP contribution in [0, 0.1) is 0 Å². The van der Waals surface area contributed by atoms with Crippen molar-refractivity contribution in [1.29, 1.82) is 0 Å². The molecule has 0 radical (unpaired) electrons. The molecule has 19 heavy (non-hydrogen) atoms. The van der Waals surface area contributed by atoms with Gasteiger partial charge in [0.15, 0.2) is 0 Å². The summed E-state index contributed by atoms with van der Waals surface area (Å²) < 4.78 is 0. The zero-order valence-electron chi connectivity index (χ0n) is 13.1. The molecule has 0 aliphatic carbocycles. The van der Waals surface area contributed by atoms with Crippen molar-refractivity contribution in [2.45, 2.75) is 84.1 Å².